The Hall–Kier alpha value is -2.47. The van der Waals surface area contributed by atoms with Crippen molar-refractivity contribution < 1.29 is 0 Å². The van der Waals surface area contributed by atoms with Gasteiger partial charge in [0.2, 0.25) is 0 Å². The first-order chi connectivity index (χ1) is 8.33. The topological polar surface area (TPSA) is 49.6 Å². The maximum Gasteiger partial charge on any atom is 0.159 e. The minimum atomic E-state index is 0.635. The van der Waals surface area contributed by atoms with Crippen molar-refractivity contribution in [1.29, 1.82) is 5.26 Å². The Bertz CT molecular complexity index is 565. The Morgan fingerprint density at radius 1 is 1.24 bits per heavy atom. The normalized spacial score (nSPS) is 9.59. The lowest BCUT2D eigenvalue weighted by Crippen LogP contribution is -1.93. The van der Waals surface area contributed by atoms with Crippen LogP contribution in [0.3, 0.4) is 0 Å². The lowest BCUT2D eigenvalue weighted by atomic mass is 10.1. The van der Waals surface area contributed by atoms with E-state index in [0.717, 1.165) is 17.7 Å². The van der Waals surface area contributed by atoms with Gasteiger partial charge in [-0.05, 0) is 30.3 Å². The van der Waals surface area contributed by atoms with Gasteiger partial charge in [0, 0.05) is 23.9 Å². The molecule has 82 valence electrons. The van der Waals surface area contributed by atoms with Gasteiger partial charge in [-0.15, -0.1) is 6.58 Å². The smallest absolute Gasteiger partial charge is 0.159 e. The molecule has 17 heavy (non-hydrogen) atoms. The largest absolute Gasteiger partial charge is 0.237 e. The van der Waals surface area contributed by atoms with Gasteiger partial charge in [-0.1, -0.05) is 6.08 Å². The lowest BCUT2D eigenvalue weighted by molar-refractivity contribution is 1.06. The summed E-state index contributed by atoms with van der Waals surface area (Å²) >= 11 is 0. The van der Waals surface area contributed by atoms with Crippen LogP contribution in [0.25, 0.3) is 11.4 Å². The highest BCUT2D eigenvalue weighted by Gasteiger charge is 2.02. The monoisotopic (exact) mass is 221 g/mol. The van der Waals surface area contributed by atoms with E-state index in [-0.39, 0.29) is 0 Å². The number of benzene rings is 1. The number of allylic oxidation sites excluding steroid dienone is 1. The molecule has 0 aliphatic heterocycles. The highest BCUT2D eigenvalue weighted by molar-refractivity contribution is 5.56. The van der Waals surface area contributed by atoms with E-state index in [9.17, 15) is 0 Å². The van der Waals surface area contributed by atoms with E-state index in [1.807, 2.05) is 24.3 Å². The predicted octanol–water partition coefficient (Wildman–Crippen LogP) is 2.74. The van der Waals surface area contributed by atoms with Gasteiger partial charge in [-0.3, -0.25) is 0 Å². The summed E-state index contributed by atoms with van der Waals surface area (Å²) in [5.41, 5.74) is 2.49. The molecule has 1 heterocycles. The Morgan fingerprint density at radius 3 is 2.65 bits per heavy atom. The summed E-state index contributed by atoms with van der Waals surface area (Å²) < 4.78 is 0. The summed E-state index contributed by atoms with van der Waals surface area (Å²) in [6.07, 6.45) is 4.27. The summed E-state index contributed by atoms with van der Waals surface area (Å²) in [4.78, 5) is 8.64. The third-order valence-electron chi connectivity index (χ3n) is 2.34. The molecular formula is C14H11N3. The van der Waals surface area contributed by atoms with Gasteiger partial charge >= 0.3 is 0 Å². The summed E-state index contributed by atoms with van der Waals surface area (Å²) in [7, 11) is 0. The van der Waals surface area contributed by atoms with E-state index in [1.165, 1.54) is 0 Å². The van der Waals surface area contributed by atoms with E-state index in [4.69, 9.17) is 5.26 Å². The van der Waals surface area contributed by atoms with Crippen LogP contribution in [0.15, 0.2) is 49.2 Å². The Morgan fingerprint density at radius 2 is 2.00 bits per heavy atom. The first-order valence-electron chi connectivity index (χ1n) is 5.27. The van der Waals surface area contributed by atoms with Crippen molar-refractivity contribution in [1.82, 2.24) is 9.97 Å². The molecule has 3 nitrogen and oxygen atoms in total. The van der Waals surface area contributed by atoms with Crippen LogP contribution in [-0.2, 0) is 6.42 Å². The van der Waals surface area contributed by atoms with Gasteiger partial charge in [0.1, 0.15) is 0 Å². The molecule has 0 radical (unpaired) electrons. The fraction of sp³-hybridized carbons (Fsp3) is 0.0714. The number of hydrogen-bond donors (Lipinski definition) is 0. The van der Waals surface area contributed by atoms with Gasteiger partial charge in [-0.25, -0.2) is 9.97 Å². The van der Waals surface area contributed by atoms with E-state index < -0.39 is 0 Å². The van der Waals surface area contributed by atoms with Crippen molar-refractivity contribution in [3.05, 3.63) is 60.4 Å². The van der Waals surface area contributed by atoms with Crippen LogP contribution in [0.1, 0.15) is 11.3 Å². The Kier molecular flexibility index (Phi) is 3.27. The van der Waals surface area contributed by atoms with E-state index in [1.54, 1.807) is 18.3 Å². The van der Waals surface area contributed by atoms with Crippen LogP contribution in [0.2, 0.25) is 0 Å². The van der Waals surface area contributed by atoms with Gasteiger partial charge in [0.25, 0.3) is 0 Å². The van der Waals surface area contributed by atoms with Crippen LogP contribution in [-0.4, -0.2) is 9.97 Å². The number of nitriles is 1. The van der Waals surface area contributed by atoms with Crippen molar-refractivity contribution >= 4 is 0 Å². The van der Waals surface area contributed by atoms with Gasteiger partial charge in [0.05, 0.1) is 11.6 Å². The zero-order valence-electron chi connectivity index (χ0n) is 9.30. The van der Waals surface area contributed by atoms with Gasteiger partial charge in [0.15, 0.2) is 5.82 Å². The molecule has 0 amide bonds. The summed E-state index contributed by atoms with van der Waals surface area (Å²) in [6, 6.07) is 11.2. The molecule has 0 saturated carbocycles. The first-order valence-corrected chi connectivity index (χ1v) is 5.27. The molecule has 3 heteroatoms. The molecule has 0 aliphatic rings. The SMILES string of the molecule is C=CCc1ccnc(-c2ccc(C#N)cc2)n1. The molecular weight excluding hydrogens is 210 g/mol. The zero-order chi connectivity index (χ0) is 12.1. The van der Waals surface area contributed by atoms with Crippen molar-refractivity contribution in [2.24, 2.45) is 0 Å². The molecule has 0 bridgehead atoms. The van der Waals surface area contributed by atoms with E-state index >= 15 is 0 Å². The number of rotatable bonds is 3. The molecule has 2 aromatic rings. The van der Waals surface area contributed by atoms with Gasteiger partial charge < -0.3 is 0 Å². The number of hydrogen-bond acceptors (Lipinski definition) is 3. The fourth-order valence-electron chi connectivity index (χ4n) is 1.49. The van der Waals surface area contributed by atoms with Gasteiger partial charge in [-0.2, -0.15) is 5.26 Å². The second-order valence-corrected chi connectivity index (χ2v) is 3.55. The molecule has 0 aliphatic carbocycles. The zero-order valence-corrected chi connectivity index (χ0v) is 9.30. The molecule has 2 rings (SSSR count). The lowest BCUT2D eigenvalue weighted by Gasteiger charge is -2.02. The maximum atomic E-state index is 8.72. The molecule has 0 N–H and O–H groups in total. The second-order valence-electron chi connectivity index (χ2n) is 3.55. The predicted molar refractivity (Wildman–Crippen MR) is 66.1 cm³/mol. The van der Waals surface area contributed by atoms with Crippen LogP contribution < -0.4 is 0 Å². The quantitative estimate of drug-likeness (QED) is 0.749. The molecule has 0 fully saturated rings. The minimum Gasteiger partial charge on any atom is -0.237 e. The summed E-state index contributed by atoms with van der Waals surface area (Å²) in [6.45, 7) is 3.68. The minimum absolute atomic E-state index is 0.635. The maximum absolute atomic E-state index is 8.72. The molecule has 0 saturated heterocycles. The average molecular weight is 221 g/mol. The third kappa shape index (κ3) is 2.56. The first kappa shape index (κ1) is 11.0. The third-order valence-corrected chi connectivity index (χ3v) is 2.34. The van der Waals surface area contributed by atoms with Crippen molar-refractivity contribution in [3.8, 4) is 17.5 Å². The highest BCUT2D eigenvalue weighted by atomic mass is 14.9. The molecule has 0 atom stereocenters. The van der Waals surface area contributed by atoms with Crippen LogP contribution in [0.5, 0.6) is 0 Å². The average Bonchev–Trinajstić information content (AvgIpc) is 2.40. The Labute approximate surface area is 100 Å². The van der Waals surface area contributed by atoms with Crippen molar-refractivity contribution in [2.45, 2.75) is 6.42 Å². The summed E-state index contributed by atoms with van der Waals surface area (Å²) in [5.74, 6) is 0.675. The van der Waals surface area contributed by atoms with E-state index in [2.05, 4.69) is 22.6 Å². The number of nitrogens with zero attached hydrogens (tertiary/aromatic N) is 3. The Balaban J connectivity index is 2.35. The second kappa shape index (κ2) is 5.04. The standard InChI is InChI=1S/C14H11N3/c1-2-3-13-8-9-16-14(17-13)12-6-4-11(10-15)5-7-12/h2,4-9H,1,3H2. The van der Waals surface area contributed by atoms with Crippen LogP contribution >= 0.6 is 0 Å². The van der Waals surface area contributed by atoms with E-state index in [0.29, 0.717) is 11.4 Å². The molecule has 1 aromatic carbocycles. The molecule has 1 aromatic heterocycles. The molecule has 0 spiro atoms. The van der Waals surface area contributed by atoms with Crippen molar-refractivity contribution in [2.75, 3.05) is 0 Å². The number of aromatic nitrogens is 2. The molecule has 0 unspecified atom stereocenters. The fourth-order valence-corrected chi connectivity index (χ4v) is 1.49. The summed E-state index contributed by atoms with van der Waals surface area (Å²) in [5, 5.41) is 8.72. The van der Waals surface area contributed by atoms with Crippen LogP contribution in [0.4, 0.5) is 0 Å². The highest BCUT2D eigenvalue weighted by Crippen LogP contribution is 2.15. The van der Waals surface area contributed by atoms with Crippen LogP contribution in [0, 0.1) is 11.3 Å². The van der Waals surface area contributed by atoms with Crippen molar-refractivity contribution in [3.63, 3.8) is 0 Å².